The Morgan fingerprint density at radius 3 is 2.77 bits per heavy atom. The number of carbonyl (C=O) groups excluding carboxylic acids is 1. The van der Waals surface area contributed by atoms with E-state index in [1.165, 1.54) is 0 Å². The molecule has 0 aliphatic carbocycles. The van der Waals surface area contributed by atoms with E-state index in [1.54, 1.807) is 12.4 Å². The Balaban J connectivity index is 1.32. The molecule has 0 bridgehead atoms. The van der Waals surface area contributed by atoms with Gasteiger partial charge >= 0.3 is 5.97 Å². The SMILES string of the molecule is CCOC(=O)C1CCN(c2cccc(COc3ccc(-c4ccn[nH]4)nc3)c2)CC1. The predicted molar refractivity (Wildman–Crippen MR) is 114 cm³/mol. The molecule has 0 unspecified atom stereocenters. The zero-order valence-electron chi connectivity index (χ0n) is 17.1. The maximum absolute atomic E-state index is 11.9. The maximum Gasteiger partial charge on any atom is 0.309 e. The summed E-state index contributed by atoms with van der Waals surface area (Å²) < 4.78 is 11.1. The van der Waals surface area contributed by atoms with E-state index < -0.39 is 0 Å². The standard InChI is InChI=1S/C23H26N4O3/c1-2-29-23(28)18-9-12-27(13-10-18)19-5-3-4-17(14-19)16-30-20-6-7-21(24-15-20)22-8-11-25-26-22/h3-8,11,14-15,18H,2,9-10,12-13,16H2,1H3,(H,25,26). The molecule has 7 heteroatoms. The highest BCUT2D eigenvalue weighted by molar-refractivity contribution is 5.73. The minimum absolute atomic E-state index is 0.0185. The zero-order valence-corrected chi connectivity index (χ0v) is 17.1. The van der Waals surface area contributed by atoms with E-state index in [0.29, 0.717) is 13.2 Å². The van der Waals surface area contributed by atoms with Crippen molar-refractivity contribution in [2.45, 2.75) is 26.4 Å². The lowest BCUT2D eigenvalue weighted by atomic mass is 9.96. The van der Waals surface area contributed by atoms with Gasteiger partial charge in [0.25, 0.3) is 0 Å². The van der Waals surface area contributed by atoms with Gasteiger partial charge in [-0.2, -0.15) is 5.10 Å². The van der Waals surface area contributed by atoms with E-state index in [0.717, 1.165) is 54.3 Å². The molecule has 1 aromatic carbocycles. The van der Waals surface area contributed by atoms with Gasteiger partial charge in [-0.25, -0.2) is 0 Å². The number of nitrogens with zero attached hydrogens (tertiary/aromatic N) is 3. The number of anilines is 1. The summed E-state index contributed by atoms with van der Waals surface area (Å²) in [5, 5.41) is 6.84. The van der Waals surface area contributed by atoms with Gasteiger partial charge in [0, 0.05) is 25.0 Å². The number of H-pyrrole nitrogens is 1. The van der Waals surface area contributed by atoms with E-state index >= 15 is 0 Å². The van der Waals surface area contributed by atoms with Gasteiger partial charge in [0.15, 0.2) is 0 Å². The monoisotopic (exact) mass is 406 g/mol. The molecule has 3 heterocycles. The number of piperidine rings is 1. The highest BCUT2D eigenvalue weighted by Gasteiger charge is 2.26. The fourth-order valence-electron chi connectivity index (χ4n) is 3.67. The Hall–Kier alpha value is -3.35. The van der Waals surface area contributed by atoms with Crippen molar-refractivity contribution < 1.29 is 14.3 Å². The molecule has 30 heavy (non-hydrogen) atoms. The molecular weight excluding hydrogens is 380 g/mol. The second kappa shape index (κ2) is 9.43. The summed E-state index contributed by atoms with van der Waals surface area (Å²) in [6.07, 6.45) is 5.08. The average Bonchev–Trinajstić information content (AvgIpc) is 3.34. The van der Waals surface area contributed by atoms with Crippen LogP contribution in [-0.2, 0) is 16.1 Å². The number of nitrogens with one attached hydrogen (secondary N) is 1. The lowest BCUT2D eigenvalue weighted by Gasteiger charge is -2.32. The van der Waals surface area contributed by atoms with Crippen molar-refractivity contribution in [1.29, 1.82) is 0 Å². The number of carbonyl (C=O) groups is 1. The smallest absolute Gasteiger partial charge is 0.309 e. The molecule has 1 saturated heterocycles. The average molecular weight is 406 g/mol. The normalized spacial score (nSPS) is 14.5. The lowest BCUT2D eigenvalue weighted by Crippen LogP contribution is -2.37. The van der Waals surface area contributed by atoms with Crippen molar-refractivity contribution in [3.05, 3.63) is 60.4 Å². The number of pyridine rings is 1. The second-order valence-electron chi connectivity index (χ2n) is 7.32. The third-order valence-electron chi connectivity index (χ3n) is 5.31. The largest absolute Gasteiger partial charge is 0.487 e. The topological polar surface area (TPSA) is 80.3 Å². The molecule has 1 fully saturated rings. The summed E-state index contributed by atoms with van der Waals surface area (Å²) in [5.41, 5.74) is 3.96. The van der Waals surface area contributed by atoms with Gasteiger partial charge in [-0.15, -0.1) is 0 Å². The van der Waals surface area contributed by atoms with Crippen LogP contribution in [0.1, 0.15) is 25.3 Å². The van der Waals surface area contributed by atoms with Crippen LogP contribution in [0.4, 0.5) is 5.69 Å². The molecule has 1 aliphatic heterocycles. The summed E-state index contributed by atoms with van der Waals surface area (Å²) in [6.45, 7) is 4.48. The molecule has 7 nitrogen and oxygen atoms in total. The molecule has 2 aromatic heterocycles. The van der Waals surface area contributed by atoms with Gasteiger partial charge in [-0.1, -0.05) is 12.1 Å². The molecule has 0 radical (unpaired) electrons. The molecule has 1 aliphatic rings. The van der Waals surface area contributed by atoms with E-state index in [2.05, 4.69) is 38.3 Å². The molecule has 0 spiro atoms. The van der Waals surface area contributed by atoms with Crippen LogP contribution in [0, 0.1) is 5.92 Å². The first-order valence-corrected chi connectivity index (χ1v) is 10.3. The number of hydrogen-bond acceptors (Lipinski definition) is 6. The molecule has 0 atom stereocenters. The van der Waals surface area contributed by atoms with Gasteiger partial charge in [0.1, 0.15) is 12.4 Å². The summed E-state index contributed by atoms with van der Waals surface area (Å²) in [7, 11) is 0. The van der Waals surface area contributed by atoms with Gasteiger partial charge in [0.2, 0.25) is 0 Å². The lowest BCUT2D eigenvalue weighted by molar-refractivity contribution is -0.148. The first-order chi connectivity index (χ1) is 14.7. The van der Waals surface area contributed by atoms with Gasteiger partial charge in [0.05, 0.1) is 30.1 Å². The van der Waals surface area contributed by atoms with Crippen LogP contribution in [0.2, 0.25) is 0 Å². The Kier molecular flexibility index (Phi) is 6.27. The van der Waals surface area contributed by atoms with E-state index in [9.17, 15) is 4.79 Å². The van der Waals surface area contributed by atoms with Crippen molar-refractivity contribution in [2.75, 3.05) is 24.6 Å². The number of aromatic nitrogens is 3. The number of esters is 1. The zero-order chi connectivity index (χ0) is 20.8. The summed E-state index contributed by atoms with van der Waals surface area (Å²) in [6, 6.07) is 14.1. The number of ether oxygens (including phenoxy) is 2. The minimum atomic E-state index is -0.0635. The van der Waals surface area contributed by atoms with Gasteiger partial charge < -0.3 is 14.4 Å². The Morgan fingerprint density at radius 1 is 1.20 bits per heavy atom. The van der Waals surface area contributed by atoms with Crippen LogP contribution in [-0.4, -0.2) is 40.8 Å². The molecular formula is C23H26N4O3. The van der Waals surface area contributed by atoms with Gasteiger partial charge in [-0.05, 0) is 55.7 Å². The van der Waals surface area contributed by atoms with Crippen LogP contribution < -0.4 is 9.64 Å². The third-order valence-corrected chi connectivity index (χ3v) is 5.31. The molecule has 0 amide bonds. The van der Waals surface area contributed by atoms with Crippen LogP contribution in [0.25, 0.3) is 11.4 Å². The highest BCUT2D eigenvalue weighted by atomic mass is 16.5. The van der Waals surface area contributed by atoms with Crippen molar-refractivity contribution in [2.24, 2.45) is 5.92 Å². The quantitative estimate of drug-likeness (QED) is 0.601. The third kappa shape index (κ3) is 4.79. The molecule has 1 N–H and O–H groups in total. The van der Waals surface area contributed by atoms with Crippen LogP contribution >= 0.6 is 0 Å². The number of benzene rings is 1. The van der Waals surface area contributed by atoms with Crippen molar-refractivity contribution >= 4 is 11.7 Å². The van der Waals surface area contributed by atoms with Crippen molar-refractivity contribution in [3.8, 4) is 17.1 Å². The van der Waals surface area contributed by atoms with Crippen LogP contribution in [0.5, 0.6) is 5.75 Å². The van der Waals surface area contributed by atoms with Crippen molar-refractivity contribution in [1.82, 2.24) is 15.2 Å². The van der Waals surface area contributed by atoms with Gasteiger partial charge in [-0.3, -0.25) is 14.9 Å². The molecule has 3 aromatic rings. The minimum Gasteiger partial charge on any atom is -0.487 e. The first-order valence-electron chi connectivity index (χ1n) is 10.3. The van der Waals surface area contributed by atoms with Crippen LogP contribution in [0.3, 0.4) is 0 Å². The second-order valence-corrected chi connectivity index (χ2v) is 7.32. The molecule has 0 saturated carbocycles. The van der Waals surface area contributed by atoms with Crippen LogP contribution in [0.15, 0.2) is 54.9 Å². The summed E-state index contributed by atoms with van der Waals surface area (Å²) in [4.78, 5) is 18.7. The Bertz CT molecular complexity index is 949. The van der Waals surface area contributed by atoms with E-state index in [-0.39, 0.29) is 11.9 Å². The number of hydrogen-bond donors (Lipinski definition) is 1. The highest BCUT2D eigenvalue weighted by Crippen LogP contribution is 2.25. The van der Waals surface area contributed by atoms with E-state index in [4.69, 9.17) is 9.47 Å². The Morgan fingerprint density at radius 2 is 2.07 bits per heavy atom. The summed E-state index contributed by atoms with van der Waals surface area (Å²) >= 11 is 0. The first kappa shape index (κ1) is 19.9. The number of rotatable bonds is 7. The molecule has 4 rings (SSSR count). The Labute approximate surface area is 176 Å². The van der Waals surface area contributed by atoms with Crippen molar-refractivity contribution in [3.63, 3.8) is 0 Å². The fraction of sp³-hybridized carbons (Fsp3) is 0.348. The maximum atomic E-state index is 11.9. The summed E-state index contributed by atoms with van der Waals surface area (Å²) in [5.74, 6) is 0.676. The predicted octanol–water partition coefficient (Wildman–Crippen LogP) is 3.83. The fourth-order valence-corrected chi connectivity index (χ4v) is 3.67. The molecule has 156 valence electrons. The van der Waals surface area contributed by atoms with E-state index in [1.807, 2.05) is 31.2 Å². The number of aromatic amines is 1.